The van der Waals surface area contributed by atoms with E-state index in [0.29, 0.717) is 12.8 Å². The molecule has 0 spiro atoms. The number of aliphatic hydroxyl groups is 1. The van der Waals surface area contributed by atoms with E-state index >= 15 is 0 Å². The van der Waals surface area contributed by atoms with Crippen molar-refractivity contribution in [1.82, 2.24) is 0 Å². The van der Waals surface area contributed by atoms with Crippen LogP contribution in [0.3, 0.4) is 0 Å². The van der Waals surface area contributed by atoms with Gasteiger partial charge in [-0.15, -0.1) is 0 Å². The highest BCUT2D eigenvalue weighted by Crippen LogP contribution is 2.20. The molecule has 0 aliphatic carbocycles. The van der Waals surface area contributed by atoms with Crippen molar-refractivity contribution in [2.24, 2.45) is 0 Å². The third-order valence-electron chi connectivity index (χ3n) is 3.48. The van der Waals surface area contributed by atoms with Crippen molar-refractivity contribution in [3.8, 4) is 5.75 Å². The van der Waals surface area contributed by atoms with Crippen LogP contribution in [0, 0.1) is 0 Å². The SMILES string of the molecule is CNc1ccccc1CC(O)Cc1cccc(OC(C)C)c1. The summed E-state index contributed by atoms with van der Waals surface area (Å²) < 4.78 is 5.70. The van der Waals surface area contributed by atoms with Gasteiger partial charge in [0.2, 0.25) is 0 Å². The molecule has 2 rings (SSSR count). The maximum absolute atomic E-state index is 10.4. The zero-order chi connectivity index (χ0) is 15.9. The molecule has 0 radical (unpaired) electrons. The summed E-state index contributed by atoms with van der Waals surface area (Å²) in [6.07, 6.45) is 0.992. The Morgan fingerprint density at radius 2 is 1.82 bits per heavy atom. The number of ether oxygens (including phenoxy) is 1. The summed E-state index contributed by atoms with van der Waals surface area (Å²) in [5.41, 5.74) is 3.29. The standard InChI is InChI=1S/C19H25NO2/c1-14(2)22-18-9-6-7-15(12-18)11-17(21)13-16-8-4-5-10-19(16)20-3/h4-10,12,14,17,20-21H,11,13H2,1-3H3. The Labute approximate surface area is 133 Å². The van der Waals surface area contributed by atoms with Gasteiger partial charge in [0.25, 0.3) is 0 Å². The summed E-state index contributed by atoms with van der Waals surface area (Å²) in [6, 6.07) is 16.0. The molecule has 3 heteroatoms. The van der Waals surface area contributed by atoms with Gasteiger partial charge in [-0.05, 0) is 49.6 Å². The van der Waals surface area contributed by atoms with Crippen LogP contribution in [0.5, 0.6) is 5.75 Å². The molecule has 118 valence electrons. The van der Waals surface area contributed by atoms with Gasteiger partial charge in [0.15, 0.2) is 0 Å². The third kappa shape index (κ3) is 4.78. The van der Waals surface area contributed by atoms with Crippen LogP contribution < -0.4 is 10.1 Å². The second-order valence-electron chi connectivity index (χ2n) is 5.78. The second kappa shape index (κ2) is 7.85. The highest BCUT2D eigenvalue weighted by molar-refractivity contribution is 5.50. The van der Waals surface area contributed by atoms with Crippen LogP contribution in [-0.4, -0.2) is 24.4 Å². The van der Waals surface area contributed by atoms with E-state index in [0.717, 1.165) is 22.6 Å². The molecule has 22 heavy (non-hydrogen) atoms. The fourth-order valence-electron chi connectivity index (χ4n) is 2.56. The summed E-state index contributed by atoms with van der Waals surface area (Å²) in [4.78, 5) is 0. The van der Waals surface area contributed by atoms with E-state index in [9.17, 15) is 5.11 Å². The molecule has 1 atom stereocenters. The van der Waals surface area contributed by atoms with Gasteiger partial charge in [-0.2, -0.15) is 0 Å². The van der Waals surface area contributed by atoms with Crippen molar-refractivity contribution in [3.05, 3.63) is 59.7 Å². The topological polar surface area (TPSA) is 41.5 Å². The highest BCUT2D eigenvalue weighted by Gasteiger charge is 2.10. The molecule has 2 aromatic rings. The quantitative estimate of drug-likeness (QED) is 0.820. The lowest BCUT2D eigenvalue weighted by Crippen LogP contribution is -2.15. The molecule has 0 amide bonds. The molecule has 0 aromatic heterocycles. The minimum absolute atomic E-state index is 0.155. The first-order chi connectivity index (χ1) is 10.6. The predicted molar refractivity (Wildman–Crippen MR) is 91.6 cm³/mol. The first kappa shape index (κ1) is 16.4. The van der Waals surface area contributed by atoms with Gasteiger partial charge in [-0.25, -0.2) is 0 Å². The van der Waals surface area contributed by atoms with Crippen LogP contribution in [0.4, 0.5) is 5.69 Å². The van der Waals surface area contributed by atoms with Crippen molar-refractivity contribution in [3.63, 3.8) is 0 Å². The van der Waals surface area contributed by atoms with E-state index in [1.807, 2.05) is 69.4 Å². The lowest BCUT2D eigenvalue weighted by Gasteiger charge is -2.15. The molecule has 0 fully saturated rings. The number of hydrogen-bond donors (Lipinski definition) is 2. The number of aliphatic hydroxyl groups excluding tert-OH is 1. The highest BCUT2D eigenvalue weighted by atomic mass is 16.5. The lowest BCUT2D eigenvalue weighted by molar-refractivity contribution is 0.175. The van der Waals surface area contributed by atoms with E-state index in [2.05, 4.69) is 5.32 Å². The van der Waals surface area contributed by atoms with Crippen LogP contribution in [0.15, 0.2) is 48.5 Å². The van der Waals surface area contributed by atoms with Crippen LogP contribution in [-0.2, 0) is 12.8 Å². The Kier molecular flexibility index (Phi) is 5.84. The molecular formula is C19H25NO2. The summed E-state index contributed by atoms with van der Waals surface area (Å²) in [6.45, 7) is 4.02. The Morgan fingerprint density at radius 3 is 2.55 bits per heavy atom. The number of benzene rings is 2. The van der Waals surface area contributed by atoms with E-state index < -0.39 is 6.10 Å². The number of hydrogen-bond acceptors (Lipinski definition) is 3. The zero-order valence-electron chi connectivity index (χ0n) is 13.5. The van der Waals surface area contributed by atoms with Gasteiger partial charge in [0, 0.05) is 19.2 Å². The van der Waals surface area contributed by atoms with Crippen molar-refractivity contribution in [2.45, 2.75) is 38.9 Å². The zero-order valence-corrected chi connectivity index (χ0v) is 13.5. The molecule has 1 unspecified atom stereocenters. The minimum Gasteiger partial charge on any atom is -0.491 e. The monoisotopic (exact) mass is 299 g/mol. The minimum atomic E-state index is -0.413. The molecular weight excluding hydrogens is 274 g/mol. The van der Waals surface area contributed by atoms with E-state index in [1.165, 1.54) is 0 Å². The Hall–Kier alpha value is -2.00. The Bertz CT molecular complexity index is 595. The maximum atomic E-state index is 10.4. The fraction of sp³-hybridized carbons (Fsp3) is 0.368. The number of rotatable bonds is 7. The Morgan fingerprint density at radius 1 is 1.05 bits per heavy atom. The Balaban J connectivity index is 2.01. The predicted octanol–water partition coefficient (Wildman–Crippen LogP) is 3.66. The number of nitrogens with one attached hydrogen (secondary N) is 1. The van der Waals surface area contributed by atoms with Crippen LogP contribution in [0.2, 0.25) is 0 Å². The van der Waals surface area contributed by atoms with Gasteiger partial charge in [0.1, 0.15) is 5.75 Å². The molecule has 0 aliphatic heterocycles. The summed E-state index contributed by atoms with van der Waals surface area (Å²) in [5.74, 6) is 0.857. The molecule has 0 heterocycles. The molecule has 0 saturated heterocycles. The van der Waals surface area contributed by atoms with E-state index in [-0.39, 0.29) is 6.10 Å². The average molecular weight is 299 g/mol. The molecule has 2 N–H and O–H groups in total. The lowest BCUT2D eigenvalue weighted by atomic mass is 10.00. The summed E-state index contributed by atoms with van der Waals surface area (Å²) in [7, 11) is 1.90. The first-order valence-corrected chi connectivity index (χ1v) is 7.78. The van der Waals surface area contributed by atoms with Crippen LogP contribution >= 0.6 is 0 Å². The third-order valence-corrected chi connectivity index (χ3v) is 3.48. The first-order valence-electron chi connectivity index (χ1n) is 7.78. The fourth-order valence-corrected chi connectivity index (χ4v) is 2.56. The number of anilines is 1. The largest absolute Gasteiger partial charge is 0.491 e. The van der Waals surface area contributed by atoms with Gasteiger partial charge < -0.3 is 15.2 Å². The summed E-state index contributed by atoms with van der Waals surface area (Å²) in [5, 5.41) is 13.5. The van der Waals surface area contributed by atoms with Gasteiger partial charge in [0.05, 0.1) is 12.2 Å². The van der Waals surface area contributed by atoms with Crippen molar-refractivity contribution >= 4 is 5.69 Å². The molecule has 3 nitrogen and oxygen atoms in total. The molecule has 2 aromatic carbocycles. The smallest absolute Gasteiger partial charge is 0.119 e. The van der Waals surface area contributed by atoms with E-state index in [1.54, 1.807) is 0 Å². The molecule has 0 bridgehead atoms. The van der Waals surface area contributed by atoms with Crippen LogP contribution in [0.25, 0.3) is 0 Å². The van der Waals surface area contributed by atoms with Gasteiger partial charge in [-0.1, -0.05) is 30.3 Å². The summed E-state index contributed by atoms with van der Waals surface area (Å²) >= 11 is 0. The maximum Gasteiger partial charge on any atom is 0.119 e. The van der Waals surface area contributed by atoms with Crippen LogP contribution in [0.1, 0.15) is 25.0 Å². The van der Waals surface area contributed by atoms with Crippen molar-refractivity contribution in [2.75, 3.05) is 12.4 Å². The second-order valence-corrected chi connectivity index (χ2v) is 5.78. The van der Waals surface area contributed by atoms with Crippen molar-refractivity contribution in [1.29, 1.82) is 0 Å². The number of para-hydroxylation sites is 1. The van der Waals surface area contributed by atoms with Crippen molar-refractivity contribution < 1.29 is 9.84 Å². The normalized spacial score (nSPS) is 12.2. The average Bonchev–Trinajstić information content (AvgIpc) is 2.47. The molecule has 0 saturated carbocycles. The van der Waals surface area contributed by atoms with Gasteiger partial charge in [-0.3, -0.25) is 0 Å². The molecule has 0 aliphatic rings. The van der Waals surface area contributed by atoms with E-state index in [4.69, 9.17) is 4.74 Å². The van der Waals surface area contributed by atoms with Gasteiger partial charge >= 0.3 is 0 Å².